The number of piperidine rings is 1. The Balaban J connectivity index is 1.34. The average molecular weight is 419 g/mol. The van der Waals surface area contributed by atoms with Crippen molar-refractivity contribution in [1.82, 2.24) is 10.2 Å². The number of hydrogen-bond donors (Lipinski definition) is 1. The zero-order valence-electron chi connectivity index (χ0n) is 16.1. The first-order valence-corrected chi connectivity index (χ1v) is 10.1. The SMILES string of the molecule is O=C(CCCOc1ccccc1Cl)NC1CCN(C(=O)c2ccc(F)cc2)CC1. The first-order valence-electron chi connectivity index (χ1n) is 9.74. The van der Waals surface area contributed by atoms with Gasteiger partial charge in [0.15, 0.2) is 0 Å². The van der Waals surface area contributed by atoms with Gasteiger partial charge in [-0.2, -0.15) is 0 Å². The quantitative estimate of drug-likeness (QED) is 0.690. The summed E-state index contributed by atoms with van der Waals surface area (Å²) in [5.41, 5.74) is 0.479. The van der Waals surface area contributed by atoms with Gasteiger partial charge in [0, 0.05) is 31.1 Å². The van der Waals surface area contributed by atoms with Crippen LogP contribution in [0.3, 0.4) is 0 Å². The Kier molecular flexibility index (Phi) is 7.47. The monoisotopic (exact) mass is 418 g/mol. The second-order valence-electron chi connectivity index (χ2n) is 7.02. The summed E-state index contributed by atoms with van der Waals surface area (Å²) in [6.45, 7) is 1.55. The third kappa shape index (κ3) is 6.19. The molecule has 0 aromatic heterocycles. The number of nitrogens with one attached hydrogen (secondary N) is 1. The Morgan fingerprint density at radius 2 is 1.79 bits per heavy atom. The van der Waals surface area contributed by atoms with Gasteiger partial charge in [0.25, 0.3) is 5.91 Å². The Morgan fingerprint density at radius 3 is 2.48 bits per heavy atom. The molecule has 2 aromatic carbocycles. The highest BCUT2D eigenvalue weighted by molar-refractivity contribution is 6.32. The van der Waals surface area contributed by atoms with Gasteiger partial charge < -0.3 is 15.0 Å². The maximum Gasteiger partial charge on any atom is 0.253 e. The molecule has 29 heavy (non-hydrogen) atoms. The number of benzene rings is 2. The maximum atomic E-state index is 13.0. The van der Waals surface area contributed by atoms with Gasteiger partial charge in [0.1, 0.15) is 11.6 Å². The lowest BCUT2D eigenvalue weighted by Gasteiger charge is -2.32. The summed E-state index contributed by atoms with van der Waals surface area (Å²) in [6, 6.07) is 12.9. The summed E-state index contributed by atoms with van der Waals surface area (Å²) in [5.74, 6) is 0.135. The van der Waals surface area contributed by atoms with Crippen LogP contribution in [-0.4, -0.2) is 42.5 Å². The van der Waals surface area contributed by atoms with E-state index in [-0.39, 0.29) is 23.7 Å². The zero-order chi connectivity index (χ0) is 20.6. The van der Waals surface area contributed by atoms with Crippen LogP contribution in [0, 0.1) is 5.82 Å². The van der Waals surface area contributed by atoms with Gasteiger partial charge in [-0.1, -0.05) is 23.7 Å². The first kappa shape index (κ1) is 21.1. The molecule has 1 aliphatic heterocycles. The standard InChI is InChI=1S/C22H24ClFN2O3/c23-19-4-1-2-5-20(19)29-15-3-6-21(27)25-18-11-13-26(14-12-18)22(28)16-7-9-17(24)10-8-16/h1-2,4-5,7-10,18H,3,6,11-15H2,(H,25,27). The molecule has 5 nitrogen and oxygen atoms in total. The van der Waals surface area contributed by atoms with Crippen molar-refractivity contribution in [3.05, 3.63) is 64.9 Å². The van der Waals surface area contributed by atoms with Crippen LogP contribution in [0.1, 0.15) is 36.0 Å². The van der Waals surface area contributed by atoms with E-state index in [1.807, 2.05) is 12.1 Å². The predicted octanol–water partition coefficient (Wildman–Crippen LogP) is 4.06. The Labute approximate surface area is 174 Å². The fourth-order valence-corrected chi connectivity index (χ4v) is 3.47. The van der Waals surface area contributed by atoms with Crippen LogP contribution in [0.15, 0.2) is 48.5 Å². The molecule has 7 heteroatoms. The number of carbonyl (C=O) groups excluding carboxylic acids is 2. The molecule has 0 bridgehead atoms. The zero-order valence-corrected chi connectivity index (χ0v) is 16.8. The van der Waals surface area contributed by atoms with Crippen LogP contribution in [0.2, 0.25) is 5.02 Å². The molecule has 0 atom stereocenters. The first-order chi connectivity index (χ1) is 14.0. The van der Waals surface area contributed by atoms with Crippen molar-refractivity contribution in [2.75, 3.05) is 19.7 Å². The van der Waals surface area contributed by atoms with E-state index < -0.39 is 0 Å². The van der Waals surface area contributed by atoms with Crippen molar-refractivity contribution in [2.24, 2.45) is 0 Å². The van der Waals surface area contributed by atoms with E-state index in [2.05, 4.69) is 5.32 Å². The summed E-state index contributed by atoms with van der Waals surface area (Å²) >= 11 is 6.03. The number of carbonyl (C=O) groups is 2. The maximum absolute atomic E-state index is 13.0. The lowest BCUT2D eigenvalue weighted by Crippen LogP contribution is -2.46. The molecular weight excluding hydrogens is 395 g/mol. The van der Waals surface area contributed by atoms with Gasteiger partial charge in [0.05, 0.1) is 11.6 Å². The van der Waals surface area contributed by atoms with Crippen LogP contribution in [0.25, 0.3) is 0 Å². The molecule has 0 unspecified atom stereocenters. The second kappa shape index (κ2) is 10.3. The fourth-order valence-electron chi connectivity index (χ4n) is 3.28. The molecule has 1 heterocycles. The normalized spacial score (nSPS) is 14.5. The number of ether oxygens (including phenoxy) is 1. The summed E-state index contributed by atoms with van der Waals surface area (Å²) in [6.07, 6.45) is 2.38. The molecule has 0 aliphatic carbocycles. The van der Waals surface area contributed by atoms with E-state index >= 15 is 0 Å². The van der Waals surface area contributed by atoms with Crippen molar-refractivity contribution < 1.29 is 18.7 Å². The number of amides is 2. The van der Waals surface area contributed by atoms with Gasteiger partial charge in [-0.15, -0.1) is 0 Å². The van der Waals surface area contributed by atoms with E-state index in [0.29, 0.717) is 61.7 Å². The van der Waals surface area contributed by atoms with E-state index in [4.69, 9.17) is 16.3 Å². The molecular formula is C22H24ClFN2O3. The lowest BCUT2D eigenvalue weighted by atomic mass is 10.0. The Hall–Kier alpha value is -2.60. The van der Waals surface area contributed by atoms with Crippen molar-refractivity contribution in [3.63, 3.8) is 0 Å². The number of likely N-dealkylation sites (tertiary alicyclic amines) is 1. The van der Waals surface area contributed by atoms with Crippen LogP contribution < -0.4 is 10.1 Å². The highest BCUT2D eigenvalue weighted by atomic mass is 35.5. The smallest absolute Gasteiger partial charge is 0.253 e. The van der Waals surface area contributed by atoms with Crippen molar-refractivity contribution in [1.29, 1.82) is 0 Å². The third-order valence-corrected chi connectivity index (χ3v) is 5.19. The molecule has 3 rings (SSSR count). The molecule has 2 aromatic rings. The molecule has 2 amide bonds. The number of halogens is 2. The van der Waals surface area contributed by atoms with E-state index in [9.17, 15) is 14.0 Å². The molecule has 0 radical (unpaired) electrons. The number of hydrogen-bond acceptors (Lipinski definition) is 3. The van der Waals surface area contributed by atoms with E-state index in [1.165, 1.54) is 24.3 Å². The molecule has 1 saturated heterocycles. The highest BCUT2D eigenvalue weighted by Crippen LogP contribution is 2.23. The third-order valence-electron chi connectivity index (χ3n) is 4.88. The second-order valence-corrected chi connectivity index (χ2v) is 7.43. The fraction of sp³-hybridized carbons (Fsp3) is 0.364. The summed E-state index contributed by atoms with van der Waals surface area (Å²) in [4.78, 5) is 26.3. The number of para-hydroxylation sites is 1. The summed E-state index contributed by atoms with van der Waals surface area (Å²) in [5, 5.41) is 3.58. The van der Waals surface area contributed by atoms with Gasteiger partial charge >= 0.3 is 0 Å². The summed E-state index contributed by atoms with van der Waals surface area (Å²) < 4.78 is 18.6. The minimum Gasteiger partial charge on any atom is -0.492 e. The Morgan fingerprint density at radius 1 is 1.10 bits per heavy atom. The molecule has 1 aliphatic rings. The van der Waals surface area contributed by atoms with Crippen molar-refractivity contribution in [2.45, 2.75) is 31.7 Å². The average Bonchev–Trinajstić information content (AvgIpc) is 2.73. The molecule has 154 valence electrons. The van der Waals surface area contributed by atoms with Gasteiger partial charge in [0.2, 0.25) is 5.91 Å². The van der Waals surface area contributed by atoms with Gasteiger partial charge in [-0.3, -0.25) is 9.59 Å². The van der Waals surface area contributed by atoms with E-state index in [0.717, 1.165) is 0 Å². The topological polar surface area (TPSA) is 58.6 Å². The van der Waals surface area contributed by atoms with Crippen molar-refractivity contribution in [3.8, 4) is 5.75 Å². The van der Waals surface area contributed by atoms with E-state index in [1.54, 1.807) is 17.0 Å². The molecule has 0 saturated carbocycles. The van der Waals surface area contributed by atoms with Gasteiger partial charge in [-0.05, 0) is 55.7 Å². The Bertz CT molecular complexity index is 836. The molecule has 0 spiro atoms. The number of nitrogens with zero attached hydrogens (tertiary/aromatic N) is 1. The minimum absolute atomic E-state index is 0.0175. The minimum atomic E-state index is -0.361. The molecule has 1 fully saturated rings. The van der Waals surface area contributed by atoms with Crippen LogP contribution in [0.5, 0.6) is 5.75 Å². The van der Waals surface area contributed by atoms with Crippen LogP contribution in [0.4, 0.5) is 4.39 Å². The van der Waals surface area contributed by atoms with Crippen LogP contribution >= 0.6 is 11.6 Å². The van der Waals surface area contributed by atoms with Crippen molar-refractivity contribution >= 4 is 23.4 Å². The highest BCUT2D eigenvalue weighted by Gasteiger charge is 2.24. The summed E-state index contributed by atoms with van der Waals surface area (Å²) in [7, 11) is 0. The largest absolute Gasteiger partial charge is 0.492 e. The number of rotatable bonds is 7. The van der Waals surface area contributed by atoms with Crippen LogP contribution in [-0.2, 0) is 4.79 Å². The predicted molar refractivity (Wildman–Crippen MR) is 110 cm³/mol. The van der Waals surface area contributed by atoms with Gasteiger partial charge in [-0.25, -0.2) is 4.39 Å². The molecule has 1 N–H and O–H groups in total. The lowest BCUT2D eigenvalue weighted by molar-refractivity contribution is -0.122.